The van der Waals surface area contributed by atoms with E-state index < -0.39 is 5.82 Å². The van der Waals surface area contributed by atoms with Crippen LogP contribution in [0, 0.1) is 5.82 Å². The summed E-state index contributed by atoms with van der Waals surface area (Å²) in [6.45, 7) is 4.85. The zero-order chi connectivity index (χ0) is 18.3. The van der Waals surface area contributed by atoms with E-state index in [1.807, 2.05) is 18.7 Å². The van der Waals surface area contributed by atoms with Gasteiger partial charge in [0.1, 0.15) is 5.69 Å². The Morgan fingerprint density at radius 2 is 1.92 bits per heavy atom. The van der Waals surface area contributed by atoms with Gasteiger partial charge in [-0.25, -0.2) is 4.39 Å². The number of rotatable bonds is 3. The minimum absolute atomic E-state index is 0.0456. The lowest BCUT2D eigenvalue weighted by atomic mass is 10.0. The van der Waals surface area contributed by atoms with Crippen LogP contribution in [-0.2, 0) is 4.74 Å². The topological polar surface area (TPSA) is 68.5 Å². The van der Waals surface area contributed by atoms with Gasteiger partial charge in [-0.05, 0) is 32.0 Å². The van der Waals surface area contributed by atoms with Gasteiger partial charge in [-0.15, -0.1) is 0 Å². The molecule has 2 aromatic heterocycles. The molecule has 3 aromatic rings. The molecule has 4 rings (SSSR count). The first-order valence-electron chi connectivity index (χ1n) is 8.46. The number of aromatic nitrogens is 2. The van der Waals surface area contributed by atoms with Gasteiger partial charge in [0.25, 0.3) is 0 Å². The molecule has 1 aromatic carbocycles. The third-order valence-electron chi connectivity index (χ3n) is 4.53. The maximum atomic E-state index is 15.3. The lowest BCUT2D eigenvalue weighted by Gasteiger charge is -2.37. The van der Waals surface area contributed by atoms with Crippen molar-refractivity contribution in [1.29, 1.82) is 0 Å². The normalized spacial score (nSPS) is 20.5. The molecule has 0 bridgehead atoms. The van der Waals surface area contributed by atoms with E-state index in [1.165, 1.54) is 0 Å². The Hall–Kier alpha value is -2.80. The highest BCUT2D eigenvalue weighted by molar-refractivity contribution is 6.00. The first kappa shape index (κ1) is 16.7. The average molecular weight is 355 g/mol. The van der Waals surface area contributed by atoms with Crippen molar-refractivity contribution in [3.63, 3.8) is 0 Å². The number of ether oxygens (including phenoxy) is 1. The molecule has 7 heteroatoms. The second kappa shape index (κ2) is 6.49. The lowest BCUT2D eigenvalue weighted by Crippen LogP contribution is -2.46. The number of morpholine rings is 1. The van der Waals surface area contributed by atoms with Gasteiger partial charge >= 0.3 is 0 Å². The SMILES string of the molecule is CC1CN(c2c(C=O)cc3c(-c4ccncc4)noc3c2F)CC(C)O1. The minimum Gasteiger partial charge on any atom is -0.372 e. The maximum Gasteiger partial charge on any atom is 0.205 e. The zero-order valence-corrected chi connectivity index (χ0v) is 14.5. The molecule has 0 saturated carbocycles. The van der Waals surface area contributed by atoms with Crippen LogP contribution in [-0.4, -0.2) is 41.7 Å². The third kappa shape index (κ3) is 2.74. The molecule has 0 spiro atoms. The van der Waals surface area contributed by atoms with E-state index in [0.717, 1.165) is 5.56 Å². The molecule has 134 valence electrons. The number of benzene rings is 1. The van der Waals surface area contributed by atoms with Gasteiger partial charge in [-0.3, -0.25) is 9.78 Å². The molecule has 1 aliphatic heterocycles. The highest BCUT2D eigenvalue weighted by atomic mass is 19.1. The molecule has 1 fully saturated rings. The van der Waals surface area contributed by atoms with Crippen molar-refractivity contribution in [3.05, 3.63) is 42.0 Å². The quantitative estimate of drug-likeness (QED) is 0.670. The van der Waals surface area contributed by atoms with Crippen LogP contribution in [0.15, 0.2) is 35.1 Å². The molecule has 0 aliphatic carbocycles. The molecule has 1 aliphatic rings. The van der Waals surface area contributed by atoms with Crippen LogP contribution in [0.5, 0.6) is 0 Å². The number of halogens is 1. The first-order chi connectivity index (χ1) is 12.6. The van der Waals surface area contributed by atoms with Crippen LogP contribution in [0.25, 0.3) is 22.2 Å². The summed E-state index contributed by atoms with van der Waals surface area (Å²) in [5.41, 5.74) is 1.79. The minimum atomic E-state index is -0.571. The summed E-state index contributed by atoms with van der Waals surface area (Å²) in [6.07, 6.45) is 3.80. The van der Waals surface area contributed by atoms with Gasteiger partial charge in [0, 0.05) is 36.6 Å². The predicted molar refractivity (Wildman–Crippen MR) is 94.8 cm³/mol. The van der Waals surface area contributed by atoms with Crippen LogP contribution < -0.4 is 4.90 Å². The number of carbonyl (C=O) groups is 1. The summed E-state index contributed by atoms with van der Waals surface area (Å²) >= 11 is 0. The Bertz CT molecular complexity index is 948. The summed E-state index contributed by atoms with van der Waals surface area (Å²) in [7, 11) is 0. The molecule has 1 saturated heterocycles. The summed E-state index contributed by atoms with van der Waals surface area (Å²) in [5, 5.41) is 4.48. The third-order valence-corrected chi connectivity index (χ3v) is 4.53. The second-order valence-electron chi connectivity index (χ2n) is 6.55. The van der Waals surface area contributed by atoms with E-state index in [2.05, 4.69) is 10.1 Å². The highest BCUT2D eigenvalue weighted by Gasteiger charge is 2.29. The van der Waals surface area contributed by atoms with Gasteiger partial charge < -0.3 is 14.2 Å². The van der Waals surface area contributed by atoms with E-state index in [1.54, 1.807) is 30.6 Å². The Balaban J connectivity index is 1.88. The Kier molecular flexibility index (Phi) is 4.16. The van der Waals surface area contributed by atoms with Gasteiger partial charge in [-0.2, -0.15) is 0 Å². The van der Waals surface area contributed by atoms with Crippen molar-refractivity contribution in [2.45, 2.75) is 26.1 Å². The highest BCUT2D eigenvalue weighted by Crippen LogP contribution is 2.36. The number of hydrogen-bond donors (Lipinski definition) is 0. The number of carbonyl (C=O) groups excluding carboxylic acids is 1. The molecular weight excluding hydrogens is 337 g/mol. The number of nitrogens with zero attached hydrogens (tertiary/aromatic N) is 3. The van der Waals surface area contributed by atoms with Crippen molar-refractivity contribution in [1.82, 2.24) is 10.1 Å². The van der Waals surface area contributed by atoms with Crippen LogP contribution >= 0.6 is 0 Å². The zero-order valence-electron chi connectivity index (χ0n) is 14.5. The van der Waals surface area contributed by atoms with E-state index in [4.69, 9.17) is 9.26 Å². The molecule has 6 nitrogen and oxygen atoms in total. The molecule has 0 N–H and O–H groups in total. The van der Waals surface area contributed by atoms with Crippen molar-refractivity contribution in [3.8, 4) is 11.3 Å². The number of aldehydes is 1. The van der Waals surface area contributed by atoms with E-state index in [-0.39, 0.29) is 29.0 Å². The Morgan fingerprint density at radius 3 is 2.58 bits per heavy atom. The fraction of sp³-hybridized carbons (Fsp3) is 0.316. The van der Waals surface area contributed by atoms with Gasteiger partial charge in [0.05, 0.1) is 23.3 Å². The molecule has 0 amide bonds. The van der Waals surface area contributed by atoms with Crippen LogP contribution in [0.4, 0.5) is 10.1 Å². The van der Waals surface area contributed by atoms with Crippen LogP contribution in [0.1, 0.15) is 24.2 Å². The Morgan fingerprint density at radius 1 is 1.23 bits per heavy atom. The van der Waals surface area contributed by atoms with E-state index in [9.17, 15) is 4.79 Å². The summed E-state index contributed by atoms with van der Waals surface area (Å²) in [5.74, 6) is -0.571. The van der Waals surface area contributed by atoms with Crippen LogP contribution in [0.2, 0.25) is 0 Å². The fourth-order valence-corrected chi connectivity index (χ4v) is 3.54. The monoisotopic (exact) mass is 355 g/mol. The molecule has 26 heavy (non-hydrogen) atoms. The lowest BCUT2D eigenvalue weighted by molar-refractivity contribution is -0.00543. The van der Waals surface area contributed by atoms with Gasteiger partial charge in [0.2, 0.25) is 5.58 Å². The number of hydrogen-bond acceptors (Lipinski definition) is 6. The summed E-state index contributed by atoms with van der Waals surface area (Å²) < 4.78 is 26.3. The molecule has 2 atom stereocenters. The summed E-state index contributed by atoms with van der Waals surface area (Å²) in [6, 6.07) is 5.15. The fourth-order valence-electron chi connectivity index (χ4n) is 3.54. The van der Waals surface area contributed by atoms with E-state index >= 15 is 4.39 Å². The number of anilines is 1. The van der Waals surface area contributed by atoms with Crippen molar-refractivity contribution in [2.24, 2.45) is 0 Å². The molecule has 3 heterocycles. The van der Waals surface area contributed by atoms with Gasteiger partial charge in [0.15, 0.2) is 12.1 Å². The first-order valence-corrected chi connectivity index (χ1v) is 8.46. The standard InChI is InChI=1S/C19H18FN3O3/c1-11-8-23(9-12(2)25-11)18-14(10-24)7-15-17(13-3-5-21-6-4-13)22-26-19(15)16(18)20/h3-7,10-12H,8-9H2,1-2H3. The summed E-state index contributed by atoms with van der Waals surface area (Å²) in [4.78, 5) is 17.5. The Labute approximate surface area is 149 Å². The van der Waals surface area contributed by atoms with Gasteiger partial charge in [-0.1, -0.05) is 5.16 Å². The van der Waals surface area contributed by atoms with Crippen molar-refractivity contribution >= 4 is 22.9 Å². The molecule has 0 radical (unpaired) electrons. The smallest absolute Gasteiger partial charge is 0.205 e. The maximum absolute atomic E-state index is 15.3. The molecular formula is C19H18FN3O3. The molecule has 2 unspecified atom stereocenters. The average Bonchev–Trinajstić information content (AvgIpc) is 3.05. The van der Waals surface area contributed by atoms with Crippen molar-refractivity contribution in [2.75, 3.05) is 18.0 Å². The largest absolute Gasteiger partial charge is 0.372 e. The number of fused-ring (bicyclic) bond motifs is 1. The predicted octanol–water partition coefficient (Wildman–Crippen LogP) is 3.46. The van der Waals surface area contributed by atoms with Crippen molar-refractivity contribution < 1.29 is 18.4 Å². The number of pyridine rings is 1. The second-order valence-corrected chi connectivity index (χ2v) is 6.55. The van der Waals surface area contributed by atoms with Crippen LogP contribution in [0.3, 0.4) is 0 Å². The van der Waals surface area contributed by atoms with E-state index in [0.29, 0.717) is 30.5 Å².